The third-order valence-corrected chi connectivity index (χ3v) is 5.92. The summed E-state index contributed by atoms with van der Waals surface area (Å²) in [6.07, 6.45) is 0.905. The van der Waals surface area contributed by atoms with Crippen molar-refractivity contribution in [1.29, 1.82) is 0 Å². The molecule has 4 amide bonds. The third kappa shape index (κ3) is 5.37. The molecule has 0 saturated heterocycles. The minimum absolute atomic E-state index is 0.0672. The molecule has 0 saturated carbocycles. The molecule has 1 aliphatic heterocycles. The van der Waals surface area contributed by atoms with Crippen molar-refractivity contribution in [3.05, 3.63) is 88.6 Å². The van der Waals surface area contributed by atoms with Crippen molar-refractivity contribution in [2.24, 2.45) is 0 Å². The van der Waals surface area contributed by atoms with Gasteiger partial charge in [-0.3, -0.25) is 19.2 Å². The van der Waals surface area contributed by atoms with E-state index in [9.17, 15) is 23.6 Å². The van der Waals surface area contributed by atoms with Gasteiger partial charge in [0.15, 0.2) is 18.1 Å². The highest BCUT2D eigenvalue weighted by Crippen LogP contribution is 2.28. The number of benzene rings is 2. The quantitative estimate of drug-likeness (QED) is 0.281. The van der Waals surface area contributed by atoms with Crippen LogP contribution in [0.2, 0.25) is 0 Å². The van der Waals surface area contributed by atoms with Crippen molar-refractivity contribution in [2.75, 3.05) is 19.0 Å². The number of rotatable bonds is 7. The number of hydrogen-bond donors (Lipinski definition) is 4. The molecule has 2 aromatic heterocycles. The lowest BCUT2D eigenvalue weighted by Crippen LogP contribution is -2.29. The molecule has 0 aliphatic carbocycles. The Kier molecular flexibility index (Phi) is 6.87. The number of amides is 4. The van der Waals surface area contributed by atoms with Crippen LogP contribution in [0.5, 0.6) is 5.75 Å². The van der Waals surface area contributed by atoms with Gasteiger partial charge in [-0.2, -0.15) is 5.10 Å². The lowest BCUT2D eigenvalue weighted by molar-refractivity contribution is -0.118. The molecule has 2 aromatic carbocycles. The Bertz CT molecular complexity index is 1620. The summed E-state index contributed by atoms with van der Waals surface area (Å²) in [5, 5.41) is 14.5. The van der Waals surface area contributed by atoms with E-state index in [2.05, 4.69) is 31.3 Å². The molecular weight excluding hydrogens is 509 g/mol. The maximum absolute atomic E-state index is 14.4. The van der Waals surface area contributed by atoms with Gasteiger partial charge in [0.25, 0.3) is 23.6 Å². The fraction of sp³-hybridized carbons (Fsp3) is 0.154. The van der Waals surface area contributed by atoms with Gasteiger partial charge in [-0.1, -0.05) is 18.2 Å². The van der Waals surface area contributed by atoms with Crippen molar-refractivity contribution >= 4 is 35.0 Å². The Morgan fingerprint density at radius 3 is 2.49 bits per heavy atom. The molecule has 5 rings (SSSR count). The predicted octanol–water partition coefficient (Wildman–Crippen LogP) is 1.42. The number of ether oxygens (including phenoxy) is 1. The molecule has 3 heterocycles. The van der Waals surface area contributed by atoms with Gasteiger partial charge in [0.2, 0.25) is 0 Å². The first-order valence-corrected chi connectivity index (χ1v) is 11.8. The first-order valence-electron chi connectivity index (χ1n) is 11.8. The largest absolute Gasteiger partial charge is 0.482 e. The summed E-state index contributed by atoms with van der Waals surface area (Å²) in [6.45, 7) is 0.118. The number of carbonyl (C=O) groups excluding carboxylic acids is 4. The van der Waals surface area contributed by atoms with Crippen molar-refractivity contribution < 1.29 is 28.3 Å². The molecule has 4 aromatic rings. The Morgan fingerprint density at radius 2 is 1.72 bits per heavy atom. The average Bonchev–Trinajstić information content (AvgIpc) is 3.34. The summed E-state index contributed by atoms with van der Waals surface area (Å²) in [5.74, 6) is -2.05. The Hall–Kier alpha value is -5.33. The zero-order valence-electron chi connectivity index (χ0n) is 20.6. The second-order valence-electron chi connectivity index (χ2n) is 8.56. The second kappa shape index (κ2) is 10.6. The van der Waals surface area contributed by atoms with Crippen LogP contribution in [-0.2, 0) is 17.9 Å². The summed E-state index contributed by atoms with van der Waals surface area (Å²) < 4.78 is 20.7. The Labute approximate surface area is 220 Å². The van der Waals surface area contributed by atoms with Crippen LogP contribution >= 0.6 is 0 Å². The van der Waals surface area contributed by atoms with E-state index >= 15 is 0 Å². The van der Waals surface area contributed by atoms with Gasteiger partial charge < -0.3 is 26.0 Å². The number of hydrogen-bond acceptors (Lipinski definition) is 7. The van der Waals surface area contributed by atoms with Crippen LogP contribution in [0.1, 0.15) is 42.5 Å². The molecule has 12 nitrogen and oxygen atoms in total. The highest BCUT2D eigenvalue weighted by atomic mass is 19.1. The van der Waals surface area contributed by atoms with Gasteiger partial charge >= 0.3 is 0 Å². The van der Waals surface area contributed by atoms with E-state index in [1.54, 1.807) is 42.5 Å². The zero-order chi connectivity index (χ0) is 27.5. The molecule has 198 valence electrons. The predicted molar refractivity (Wildman–Crippen MR) is 136 cm³/mol. The van der Waals surface area contributed by atoms with E-state index in [1.165, 1.54) is 13.1 Å². The van der Waals surface area contributed by atoms with Crippen molar-refractivity contribution in [3.8, 4) is 5.75 Å². The Morgan fingerprint density at radius 1 is 1.00 bits per heavy atom. The normalized spacial score (nSPS) is 12.2. The minimum atomic E-state index is -0.797. The maximum atomic E-state index is 14.4. The van der Waals surface area contributed by atoms with Crippen LogP contribution in [0.25, 0.3) is 5.65 Å². The van der Waals surface area contributed by atoms with E-state index in [0.29, 0.717) is 22.6 Å². The van der Waals surface area contributed by atoms with Crippen molar-refractivity contribution in [1.82, 2.24) is 30.5 Å². The smallest absolute Gasteiger partial charge is 0.270 e. The molecule has 0 unspecified atom stereocenters. The first-order chi connectivity index (χ1) is 18.8. The van der Waals surface area contributed by atoms with Crippen LogP contribution in [0, 0.1) is 5.82 Å². The van der Waals surface area contributed by atoms with Crippen LogP contribution in [-0.4, -0.2) is 51.9 Å². The fourth-order valence-corrected chi connectivity index (χ4v) is 3.92. The van der Waals surface area contributed by atoms with Gasteiger partial charge in [0.05, 0.1) is 11.9 Å². The maximum Gasteiger partial charge on any atom is 0.270 e. The second-order valence-corrected chi connectivity index (χ2v) is 8.56. The number of halogens is 1. The lowest BCUT2D eigenvalue weighted by atomic mass is 10.1. The summed E-state index contributed by atoms with van der Waals surface area (Å²) in [7, 11) is 1.53. The fourth-order valence-electron chi connectivity index (χ4n) is 3.92. The molecule has 13 heteroatoms. The summed E-state index contributed by atoms with van der Waals surface area (Å²) in [6, 6.07) is 12.9. The molecule has 0 spiro atoms. The number of nitrogens with zero attached hydrogens (tertiary/aromatic N) is 3. The van der Waals surface area contributed by atoms with E-state index in [4.69, 9.17) is 4.74 Å². The summed E-state index contributed by atoms with van der Waals surface area (Å²) >= 11 is 0. The van der Waals surface area contributed by atoms with E-state index < -0.39 is 17.6 Å². The topological polar surface area (TPSA) is 156 Å². The zero-order valence-corrected chi connectivity index (χ0v) is 20.6. The summed E-state index contributed by atoms with van der Waals surface area (Å²) in [5.41, 5.74) is 1.79. The van der Waals surface area contributed by atoms with Crippen molar-refractivity contribution in [3.63, 3.8) is 0 Å². The molecule has 0 bridgehead atoms. The number of carbonyl (C=O) groups is 4. The number of anilines is 1. The van der Waals surface area contributed by atoms with Crippen molar-refractivity contribution in [2.45, 2.75) is 13.1 Å². The standard InChI is InChI=1S/C26H22FN7O5/c1-28-24(36)16-5-2-14(3-6-16)10-30-26(38)20-9-19(33-23-17(27)12-31-34(20)23)25(37)29-11-15-4-7-21-18(8-15)32-22(35)13-39-21/h2-9,12H,10-11,13H2,1H3,(H,28,36)(H,29,37)(H,30,38)(H,32,35). The molecular formula is C26H22FN7O5. The van der Waals surface area contributed by atoms with Crippen LogP contribution in [0.15, 0.2) is 54.7 Å². The van der Waals surface area contributed by atoms with Gasteiger partial charge in [0.1, 0.15) is 17.1 Å². The van der Waals surface area contributed by atoms with Crippen LogP contribution in [0.3, 0.4) is 0 Å². The number of fused-ring (bicyclic) bond motifs is 2. The van der Waals surface area contributed by atoms with Crippen LogP contribution in [0.4, 0.5) is 10.1 Å². The third-order valence-electron chi connectivity index (χ3n) is 5.92. The van der Waals surface area contributed by atoms with E-state index in [1.807, 2.05) is 0 Å². The molecule has 4 N–H and O–H groups in total. The van der Waals surface area contributed by atoms with E-state index in [0.717, 1.165) is 16.3 Å². The van der Waals surface area contributed by atoms with E-state index in [-0.39, 0.29) is 48.5 Å². The molecule has 0 atom stereocenters. The Balaban J connectivity index is 1.31. The lowest BCUT2D eigenvalue weighted by Gasteiger charge is -2.18. The first kappa shape index (κ1) is 25.3. The van der Waals surface area contributed by atoms with Crippen LogP contribution < -0.4 is 26.0 Å². The monoisotopic (exact) mass is 531 g/mol. The van der Waals surface area contributed by atoms with Gasteiger partial charge in [-0.15, -0.1) is 0 Å². The highest BCUT2D eigenvalue weighted by molar-refractivity contribution is 5.98. The van der Waals surface area contributed by atoms with Gasteiger partial charge in [-0.05, 0) is 35.4 Å². The van der Waals surface area contributed by atoms with Gasteiger partial charge in [-0.25, -0.2) is 13.9 Å². The average molecular weight is 532 g/mol. The van der Waals surface area contributed by atoms with Gasteiger partial charge in [0, 0.05) is 31.8 Å². The molecule has 39 heavy (non-hydrogen) atoms. The molecule has 0 radical (unpaired) electrons. The highest BCUT2D eigenvalue weighted by Gasteiger charge is 2.21. The number of aromatic nitrogens is 3. The number of nitrogens with one attached hydrogen (secondary N) is 4. The SMILES string of the molecule is CNC(=O)c1ccc(CNC(=O)c2cc(C(=O)NCc3ccc4c(c3)NC(=O)CO4)nc3c(F)cnn23)cc1. The molecule has 1 aliphatic rings. The molecule has 0 fully saturated rings. The minimum Gasteiger partial charge on any atom is -0.482 e. The summed E-state index contributed by atoms with van der Waals surface area (Å²) in [4.78, 5) is 53.2.